The maximum atomic E-state index is 13.3. The van der Waals surface area contributed by atoms with Crippen molar-refractivity contribution in [2.24, 2.45) is 0 Å². The molecule has 2 aromatic carbocycles. The van der Waals surface area contributed by atoms with Crippen LogP contribution >= 0.6 is 23.6 Å². The van der Waals surface area contributed by atoms with Crippen LogP contribution in [0.3, 0.4) is 0 Å². The fourth-order valence-electron chi connectivity index (χ4n) is 2.98. The fourth-order valence-corrected chi connectivity index (χ4v) is 4.40. The minimum absolute atomic E-state index is 0.143. The molecule has 25 heavy (non-hydrogen) atoms. The maximum absolute atomic E-state index is 13.3. The molecule has 4 nitrogen and oxygen atoms in total. The van der Waals surface area contributed by atoms with Gasteiger partial charge in [0.1, 0.15) is 10.6 Å². The first-order valence-electron chi connectivity index (χ1n) is 7.69. The minimum Gasteiger partial charge on any atom is -0.508 e. The van der Waals surface area contributed by atoms with Gasteiger partial charge in [-0.1, -0.05) is 30.3 Å². The predicted molar refractivity (Wildman–Crippen MR) is 104 cm³/mol. The van der Waals surface area contributed by atoms with E-state index in [4.69, 9.17) is 12.2 Å². The predicted octanol–water partition coefficient (Wildman–Crippen LogP) is 4.79. The zero-order chi connectivity index (χ0) is 17.6. The topological polar surface area (TPSA) is 58.0 Å². The Morgan fingerprint density at radius 1 is 1.08 bits per heavy atom. The molecule has 0 bridgehead atoms. The number of phenolic OH excluding ortho intramolecular Hbond substituents is 1. The normalized spacial score (nSPS) is 11.1. The molecule has 4 rings (SSSR count). The number of aryl methyl sites for hydroxylation is 1. The Balaban J connectivity index is 2.09. The number of rotatable bonds is 2. The fraction of sp³-hybridized carbons (Fsp3) is 0.0526. The number of hydrogen-bond donors (Lipinski definition) is 2. The molecule has 0 saturated heterocycles. The summed E-state index contributed by atoms with van der Waals surface area (Å²) in [4.78, 5) is 18.3. The van der Waals surface area contributed by atoms with E-state index in [0.717, 1.165) is 20.8 Å². The lowest BCUT2D eigenvalue weighted by Gasteiger charge is -2.08. The Kier molecular flexibility index (Phi) is 3.78. The van der Waals surface area contributed by atoms with E-state index in [1.807, 2.05) is 37.3 Å². The summed E-state index contributed by atoms with van der Waals surface area (Å²) in [5.74, 6) is 0.143. The number of nitrogens with one attached hydrogen (secondary N) is 1. The van der Waals surface area contributed by atoms with Crippen LogP contribution in [-0.4, -0.2) is 14.7 Å². The van der Waals surface area contributed by atoms with Crippen molar-refractivity contribution in [1.82, 2.24) is 9.55 Å². The highest BCUT2D eigenvalue weighted by atomic mass is 32.1. The molecule has 0 aliphatic carbocycles. The van der Waals surface area contributed by atoms with E-state index in [1.54, 1.807) is 12.1 Å². The zero-order valence-corrected chi connectivity index (χ0v) is 14.9. The molecule has 2 heterocycles. The molecule has 0 aliphatic rings. The Labute approximate surface area is 152 Å². The Morgan fingerprint density at radius 2 is 1.76 bits per heavy atom. The summed E-state index contributed by atoms with van der Waals surface area (Å²) < 4.78 is 1.81. The second-order valence-corrected chi connectivity index (χ2v) is 7.30. The third-order valence-corrected chi connectivity index (χ3v) is 5.40. The molecule has 2 aromatic heterocycles. The first kappa shape index (κ1) is 15.8. The van der Waals surface area contributed by atoms with Crippen LogP contribution in [0.15, 0.2) is 59.4 Å². The Hall–Kier alpha value is -2.70. The number of hydrogen-bond acceptors (Lipinski definition) is 4. The first-order chi connectivity index (χ1) is 12.1. The van der Waals surface area contributed by atoms with Gasteiger partial charge in [-0.05, 0) is 49.0 Å². The average molecular weight is 366 g/mol. The summed E-state index contributed by atoms with van der Waals surface area (Å²) in [6.07, 6.45) is 0. The highest BCUT2D eigenvalue weighted by Gasteiger charge is 2.17. The van der Waals surface area contributed by atoms with Crippen LogP contribution in [0.5, 0.6) is 5.75 Å². The van der Waals surface area contributed by atoms with Gasteiger partial charge in [0, 0.05) is 10.4 Å². The molecular weight excluding hydrogens is 352 g/mol. The maximum Gasteiger partial charge on any atom is 0.268 e. The van der Waals surface area contributed by atoms with Gasteiger partial charge in [-0.15, -0.1) is 11.3 Å². The lowest BCUT2D eigenvalue weighted by Crippen LogP contribution is -2.20. The van der Waals surface area contributed by atoms with Gasteiger partial charge >= 0.3 is 0 Å². The van der Waals surface area contributed by atoms with E-state index in [-0.39, 0.29) is 11.3 Å². The second-order valence-electron chi connectivity index (χ2n) is 5.69. The van der Waals surface area contributed by atoms with Gasteiger partial charge < -0.3 is 10.1 Å². The van der Waals surface area contributed by atoms with Crippen molar-refractivity contribution >= 4 is 33.8 Å². The molecule has 2 N–H and O–H groups in total. The van der Waals surface area contributed by atoms with Crippen LogP contribution in [0.2, 0.25) is 0 Å². The van der Waals surface area contributed by atoms with E-state index in [9.17, 15) is 9.90 Å². The average Bonchev–Trinajstić information content (AvgIpc) is 2.93. The third-order valence-electron chi connectivity index (χ3n) is 4.10. The molecule has 0 atom stereocenters. The lowest BCUT2D eigenvalue weighted by atomic mass is 10.0. The van der Waals surface area contributed by atoms with Gasteiger partial charge in [0.15, 0.2) is 4.77 Å². The SMILES string of the molecule is Cc1sc2[nH]c(=S)n(-c3ccc(O)cc3)c(=O)c2c1-c1ccccc1. The van der Waals surface area contributed by atoms with E-state index < -0.39 is 0 Å². The van der Waals surface area contributed by atoms with Crippen molar-refractivity contribution in [3.63, 3.8) is 0 Å². The van der Waals surface area contributed by atoms with E-state index in [0.29, 0.717) is 15.8 Å². The molecule has 0 unspecified atom stereocenters. The Morgan fingerprint density at radius 3 is 2.44 bits per heavy atom. The van der Waals surface area contributed by atoms with Crippen LogP contribution in [0.4, 0.5) is 0 Å². The number of benzene rings is 2. The number of nitrogens with zero attached hydrogens (tertiary/aromatic N) is 1. The van der Waals surface area contributed by atoms with Crippen LogP contribution in [0.1, 0.15) is 4.88 Å². The zero-order valence-electron chi connectivity index (χ0n) is 13.3. The van der Waals surface area contributed by atoms with Crippen LogP contribution in [0, 0.1) is 11.7 Å². The molecule has 6 heteroatoms. The molecule has 0 radical (unpaired) electrons. The van der Waals surface area contributed by atoms with E-state index >= 15 is 0 Å². The number of phenols is 1. The number of aromatic hydroxyl groups is 1. The largest absolute Gasteiger partial charge is 0.508 e. The van der Waals surface area contributed by atoms with Crippen LogP contribution < -0.4 is 5.56 Å². The summed E-state index contributed by atoms with van der Waals surface area (Å²) in [7, 11) is 0. The number of thiophene rings is 1. The minimum atomic E-state index is -0.160. The van der Waals surface area contributed by atoms with E-state index in [1.165, 1.54) is 28.0 Å². The van der Waals surface area contributed by atoms with Gasteiger partial charge in [0.2, 0.25) is 0 Å². The van der Waals surface area contributed by atoms with Crippen molar-refractivity contribution in [2.45, 2.75) is 6.92 Å². The molecule has 0 fully saturated rings. The van der Waals surface area contributed by atoms with Crippen LogP contribution in [-0.2, 0) is 0 Å². The molecule has 0 aliphatic heterocycles. The van der Waals surface area contributed by atoms with Crippen molar-refractivity contribution in [3.8, 4) is 22.6 Å². The monoisotopic (exact) mass is 366 g/mol. The summed E-state index contributed by atoms with van der Waals surface area (Å²) in [5, 5.41) is 10.1. The van der Waals surface area contributed by atoms with Crippen LogP contribution in [0.25, 0.3) is 27.0 Å². The van der Waals surface area contributed by atoms with Gasteiger partial charge in [-0.25, -0.2) is 0 Å². The quantitative estimate of drug-likeness (QED) is 0.502. The molecule has 0 amide bonds. The third kappa shape index (κ3) is 2.59. The van der Waals surface area contributed by atoms with Gasteiger partial charge in [-0.3, -0.25) is 9.36 Å². The summed E-state index contributed by atoms with van der Waals surface area (Å²) in [6, 6.07) is 16.3. The van der Waals surface area contributed by atoms with E-state index in [2.05, 4.69) is 4.98 Å². The lowest BCUT2D eigenvalue weighted by molar-refractivity contribution is 0.475. The van der Waals surface area contributed by atoms with Crippen molar-refractivity contribution in [3.05, 3.63) is 74.6 Å². The number of H-pyrrole nitrogens is 1. The first-order valence-corrected chi connectivity index (χ1v) is 8.92. The highest BCUT2D eigenvalue weighted by Crippen LogP contribution is 2.35. The standard InChI is InChI=1S/C19H14N2O2S2/c1-11-15(12-5-3-2-4-6-12)16-17(25-11)20-19(24)21(18(16)23)13-7-9-14(22)10-8-13/h2-10,22H,1H3,(H,20,24). The summed E-state index contributed by atoms with van der Waals surface area (Å²) in [6.45, 7) is 2.01. The molecule has 0 spiro atoms. The van der Waals surface area contributed by atoms with Gasteiger partial charge in [0.05, 0.1) is 11.1 Å². The van der Waals surface area contributed by atoms with Crippen molar-refractivity contribution in [1.29, 1.82) is 0 Å². The highest BCUT2D eigenvalue weighted by molar-refractivity contribution is 7.71. The van der Waals surface area contributed by atoms with Crippen molar-refractivity contribution in [2.75, 3.05) is 0 Å². The smallest absolute Gasteiger partial charge is 0.268 e. The summed E-state index contributed by atoms with van der Waals surface area (Å²) >= 11 is 6.94. The number of aromatic amines is 1. The second kappa shape index (κ2) is 5.98. The molecule has 0 saturated carbocycles. The number of aromatic nitrogens is 2. The van der Waals surface area contributed by atoms with Gasteiger partial charge in [0.25, 0.3) is 5.56 Å². The number of fused-ring (bicyclic) bond motifs is 1. The molecule has 4 aromatic rings. The molecular formula is C19H14N2O2S2. The summed E-state index contributed by atoms with van der Waals surface area (Å²) in [5.41, 5.74) is 2.40. The van der Waals surface area contributed by atoms with Gasteiger partial charge in [-0.2, -0.15) is 0 Å². The molecule has 124 valence electrons. The van der Waals surface area contributed by atoms with Crippen molar-refractivity contribution < 1.29 is 5.11 Å². The Bertz CT molecular complexity index is 1190.